The normalized spacial score (nSPS) is 20.0. The molecular formula is C25H25F5N2O10. The van der Waals surface area contributed by atoms with E-state index in [4.69, 9.17) is 18.9 Å². The number of ketones is 1. The number of carbonyl (C=O) groups excluding carboxylic acids is 3. The number of benzene rings is 1. The highest BCUT2D eigenvalue weighted by molar-refractivity contribution is 5.79. The summed E-state index contributed by atoms with van der Waals surface area (Å²) in [4.78, 5) is 62.0. The Kier molecular flexibility index (Phi) is 11.1. The lowest BCUT2D eigenvalue weighted by Gasteiger charge is -2.25. The average molecular weight is 608 g/mol. The molecule has 2 heterocycles. The van der Waals surface area contributed by atoms with Crippen molar-refractivity contribution >= 4 is 17.7 Å². The van der Waals surface area contributed by atoms with Crippen molar-refractivity contribution in [2.75, 3.05) is 20.3 Å². The fourth-order valence-corrected chi connectivity index (χ4v) is 3.97. The van der Waals surface area contributed by atoms with Gasteiger partial charge >= 0.3 is 17.6 Å². The number of nitrogens with zero attached hydrogens (tertiary/aromatic N) is 1. The zero-order chi connectivity index (χ0) is 31.1. The van der Waals surface area contributed by atoms with Crippen LogP contribution in [0.1, 0.15) is 38.8 Å². The van der Waals surface area contributed by atoms with Crippen LogP contribution in [0.4, 0.5) is 22.0 Å². The maximum absolute atomic E-state index is 13.8. The van der Waals surface area contributed by atoms with Crippen molar-refractivity contribution in [2.45, 2.75) is 57.1 Å². The Morgan fingerprint density at radius 2 is 1.55 bits per heavy atom. The van der Waals surface area contributed by atoms with E-state index in [0.29, 0.717) is 0 Å². The molecule has 230 valence electrons. The topological polar surface area (TPSA) is 152 Å². The first kappa shape index (κ1) is 32.6. The summed E-state index contributed by atoms with van der Waals surface area (Å²) in [6.07, 6.45) is -4.87. The molecule has 0 spiro atoms. The van der Waals surface area contributed by atoms with Crippen molar-refractivity contribution in [1.29, 1.82) is 0 Å². The number of methoxy groups -OCH3 is 1. The molecule has 1 N–H and O–H groups in total. The average Bonchev–Trinajstić information content (AvgIpc) is 3.26. The van der Waals surface area contributed by atoms with Gasteiger partial charge in [-0.15, -0.1) is 0 Å². The quantitative estimate of drug-likeness (QED) is 0.0891. The minimum atomic E-state index is -2.45. The number of aromatic amines is 1. The Bertz CT molecular complexity index is 1420. The van der Waals surface area contributed by atoms with Crippen LogP contribution in [0.15, 0.2) is 21.9 Å². The number of H-pyrrole nitrogens is 1. The van der Waals surface area contributed by atoms with Gasteiger partial charge in [0.05, 0.1) is 19.4 Å². The SMILES string of the molecule is COCC1OC(n2ccc(=O)[nH]c2=O)C(OCCCC(C)=O)C1OC(=O)CCC(=O)Oc1c(F)c(F)c(F)c(F)c1F. The molecule has 1 aliphatic rings. The van der Waals surface area contributed by atoms with Gasteiger partial charge in [0.2, 0.25) is 34.8 Å². The molecule has 1 aliphatic heterocycles. The van der Waals surface area contributed by atoms with Gasteiger partial charge in [0.1, 0.15) is 18.0 Å². The fourth-order valence-electron chi connectivity index (χ4n) is 3.97. The summed E-state index contributed by atoms with van der Waals surface area (Å²) < 4.78 is 95.0. The lowest BCUT2D eigenvalue weighted by Crippen LogP contribution is -2.42. The zero-order valence-corrected chi connectivity index (χ0v) is 22.1. The summed E-state index contributed by atoms with van der Waals surface area (Å²) in [6, 6.07) is 1.04. The molecule has 0 bridgehead atoms. The summed E-state index contributed by atoms with van der Waals surface area (Å²) in [5, 5.41) is 0. The molecule has 4 atom stereocenters. The summed E-state index contributed by atoms with van der Waals surface area (Å²) in [7, 11) is 1.31. The first-order chi connectivity index (χ1) is 19.8. The van der Waals surface area contributed by atoms with Gasteiger partial charge in [-0.05, 0) is 13.3 Å². The van der Waals surface area contributed by atoms with E-state index < -0.39 is 95.4 Å². The van der Waals surface area contributed by atoms with Gasteiger partial charge in [0, 0.05) is 32.4 Å². The van der Waals surface area contributed by atoms with Crippen molar-refractivity contribution in [3.63, 3.8) is 0 Å². The van der Waals surface area contributed by atoms with E-state index >= 15 is 0 Å². The molecule has 12 nitrogen and oxygen atoms in total. The Morgan fingerprint density at radius 1 is 0.929 bits per heavy atom. The van der Waals surface area contributed by atoms with E-state index in [1.807, 2.05) is 0 Å². The minimum Gasteiger partial charge on any atom is -0.456 e. The number of carbonyl (C=O) groups is 3. The highest BCUT2D eigenvalue weighted by atomic mass is 19.2. The third-order valence-corrected chi connectivity index (χ3v) is 5.91. The molecule has 0 saturated carbocycles. The van der Waals surface area contributed by atoms with Gasteiger partial charge in [-0.3, -0.25) is 23.9 Å². The smallest absolute Gasteiger partial charge is 0.330 e. The maximum atomic E-state index is 13.8. The second-order valence-corrected chi connectivity index (χ2v) is 9.01. The van der Waals surface area contributed by atoms with E-state index in [9.17, 15) is 45.9 Å². The number of Topliss-reactive ketones (excluding diaryl/α,β-unsaturated/α-hetero) is 1. The van der Waals surface area contributed by atoms with E-state index in [2.05, 4.69) is 9.72 Å². The molecule has 3 rings (SSSR count). The lowest BCUT2D eigenvalue weighted by molar-refractivity contribution is -0.160. The minimum absolute atomic E-state index is 0.0375. The van der Waals surface area contributed by atoms with Crippen LogP contribution in [0.2, 0.25) is 0 Å². The van der Waals surface area contributed by atoms with Crippen LogP contribution in [0.5, 0.6) is 5.75 Å². The number of nitrogens with one attached hydrogen (secondary N) is 1. The van der Waals surface area contributed by atoms with E-state index in [0.717, 1.165) is 16.8 Å². The lowest BCUT2D eigenvalue weighted by atomic mass is 10.1. The summed E-state index contributed by atoms with van der Waals surface area (Å²) in [5.41, 5.74) is -1.56. The fraction of sp³-hybridized carbons (Fsp3) is 0.480. The number of ether oxygens (including phenoxy) is 5. The maximum Gasteiger partial charge on any atom is 0.330 e. The van der Waals surface area contributed by atoms with Crippen LogP contribution >= 0.6 is 0 Å². The first-order valence-corrected chi connectivity index (χ1v) is 12.3. The second kappa shape index (κ2) is 14.3. The summed E-state index contributed by atoms with van der Waals surface area (Å²) in [5.74, 6) is -16.4. The predicted molar refractivity (Wildman–Crippen MR) is 128 cm³/mol. The van der Waals surface area contributed by atoms with Crippen molar-refractivity contribution in [3.8, 4) is 5.75 Å². The zero-order valence-electron chi connectivity index (χ0n) is 22.1. The number of rotatable bonds is 13. The summed E-state index contributed by atoms with van der Waals surface area (Å²) >= 11 is 0. The first-order valence-electron chi connectivity index (χ1n) is 12.3. The third-order valence-electron chi connectivity index (χ3n) is 5.91. The molecular weight excluding hydrogens is 583 g/mol. The molecule has 1 fully saturated rings. The molecule has 0 radical (unpaired) electrons. The Balaban J connectivity index is 1.75. The molecule has 0 aliphatic carbocycles. The van der Waals surface area contributed by atoms with Gasteiger partial charge in [0.25, 0.3) is 5.56 Å². The highest BCUT2D eigenvalue weighted by Gasteiger charge is 2.49. The largest absolute Gasteiger partial charge is 0.456 e. The molecule has 17 heteroatoms. The number of hydrogen-bond donors (Lipinski definition) is 1. The number of hydrogen-bond acceptors (Lipinski definition) is 10. The van der Waals surface area contributed by atoms with Crippen LogP contribution < -0.4 is 16.0 Å². The van der Waals surface area contributed by atoms with E-state index in [-0.39, 0.29) is 31.8 Å². The van der Waals surface area contributed by atoms with Gasteiger partial charge in [0.15, 0.2) is 12.3 Å². The van der Waals surface area contributed by atoms with Crippen LogP contribution in [0.3, 0.4) is 0 Å². The molecule has 42 heavy (non-hydrogen) atoms. The van der Waals surface area contributed by atoms with Crippen LogP contribution in [0, 0.1) is 29.1 Å². The summed E-state index contributed by atoms with van der Waals surface area (Å²) in [6.45, 7) is 1.16. The van der Waals surface area contributed by atoms with Crippen molar-refractivity contribution in [2.24, 2.45) is 0 Å². The van der Waals surface area contributed by atoms with Gasteiger partial charge in [-0.1, -0.05) is 0 Å². The molecule has 1 aromatic heterocycles. The number of esters is 2. The molecule has 4 unspecified atom stereocenters. The Labute approximate surface area is 233 Å². The molecule has 0 amide bonds. The van der Waals surface area contributed by atoms with Gasteiger partial charge in [-0.25, -0.2) is 18.0 Å². The number of aromatic nitrogens is 2. The van der Waals surface area contributed by atoms with Crippen LogP contribution in [-0.4, -0.2) is 65.9 Å². The molecule has 1 saturated heterocycles. The monoisotopic (exact) mass is 608 g/mol. The van der Waals surface area contributed by atoms with Gasteiger partial charge < -0.3 is 28.5 Å². The van der Waals surface area contributed by atoms with Crippen molar-refractivity contribution < 1.29 is 60.0 Å². The van der Waals surface area contributed by atoms with E-state index in [1.54, 1.807) is 0 Å². The standard InChI is InChI=1S/C25H25F5N2O10/c1-11(33)4-3-9-39-23-21(12(10-38-2)40-24(23)32-8-7-13(34)31-25(32)37)41-14(35)5-6-15(36)42-22-19(29)17(27)16(26)18(28)20(22)30/h7-8,12,21,23-24H,3-6,9-10H2,1-2H3,(H,31,34,37). The van der Waals surface area contributed by atoms with Gasteiger partial charge in [-0.2, -0.15) is 8.78 Å². The van der Waals surface area contributed by atoms with Crippen LogP contribution in [-0.2, 0) is 33.3 Å². The van der Waals surface area contributed by atoms with E-state index in [1.165, 1.54) is 14.0 Å². The predicted octanol–water partition coefficient (Wildman–Crippen LogP) is 1.83. The Hall–Kier alpha value is -3.96. The van der Waals surface area contributed by atoms with Crippen molar-refractivity contribution in [1.82, 2.24) is 9.55 Å². The highest BCUT2D eigenvalue weighted by Crippen LogP contribution is 2.34. The second-order valence-electron chi connectivity index (χ2n) is 9.01. The third kappa shape index (κ3) is 7.65. The van der Waals surface area contributed by atoms with Crippen molar-refractivity contribution in [3.05, 3.63) is 62.2 Å². The Morgan fingerprint density at radius 3 is 2.14 bits per heavy atom. The number of halogens is 5. The molecule has 2 aromatic rings. The van der Waals surface area contributed by atoms with Crippen LogP contribution in [0.25, 0.3) is 0 Å². The molecule has 1 aromatic carbocycles.